The molecule has 2 heterocycles. The summed E-state index contributed by atoms with van der Waals surface area (Å²) in [5, 5.41) is 43.7. The van der Waals surface area contributed by atoms with Crippen molar-refractivity contribution in [2.75, 3.05) is 59.9 Å². The average Bonchev–Trinajstić information content (AvgIpc) is 1.56. The molecule has 2 aromatic heterocycles. The summed E-state index contributed by atoms with van der Waals surface area (Å²) in [7, 11) is 0. The zero-order valence-electron chi connectivity index (χ0n) is 65.4. The Hall–Kier alpha value is -7.56. The predicted octanol–water partition coefficient (Wildman–Crippen LogP) is 24.6. The number of rotatable bonds is 41. The summed E-state index contributed by atoms with van der Waals surface area (Å²) in [6.45, 7) is 39.7. The molecule has 104 heavy (non-hydrogen) atoms. The van der Waals surface area contributed by atoms with E-state index in [0.29, 0.717) is 80.1 Å². The molecule has 0 spiro atoms. The van der Waals surface area contributed by atoms with Crippen LogP contribution in [0, 0.1) is 18.3 Å². The number of fused-ring (bicyclic) bond motifs is 1. The smallest absolute Gasteiger partial charge is 0.341 e. The van der Waals surface area contributed by atoms with Crippen LogP contribution in [-0.4, -0.2) is 78.2 Å². The lowest BCUT2D eigenvalue weighted by molar-refractivity contribution is -0.127. The van der Waals surface area contributed by atoms with Gasteiger partial charge >= 0.3 is 6.01 Å². The zero-order chi connectivity index (χ0) is 76.2. The highest BCUT2D eigenvalue weighted by Gasteiger charge is 2.31. The van der Waals surface area contributed by atoms with Crippen LogP contribution in [0.3, 0.4) is 0 Å². The fourth-order valence-corrected chi connectivity index (χ4v) is 13.0. The molecular weight excluding hydrogens is 1370 g/mol. The minimum atomic E-state index is -0.629. The van der Waals surface area contributed by atoms with E-state index in [0.717, 1.165) is 99.3 Å². The molecule has 0 radical (unpaired) electrons. The number of aryl methyl sites for hydroxylation is 1. The second-order valence-electron chi connectivity index (χ2n) is 29.5. The second-order valence-corrected chi connectivity index (χ2v) is 30.7. The van der Waals surface area contributed by atoms with E-state index in [1.54, 1.807) is 30.3 Å². The molecule has 0 bridgehead atoms. The predicted molar refractivity (Wildman–Crippen MR) is 433 cm³/mol. The third-order valence-corrected chi connectivity index (χ3v) is 20.2. The maximum absolute atomic E-state index is 13.1. The van der Waals surface area contributed by atoms with Gasteiger partial charge in [-0.1, -0.05) is 219 Å². The maximum atomic E-state index is 13.1. The van der Waals surface area contributed by atoms with Crippen LogP contribution >= 0.6 is 34.8 Å². The number of oxazole rings is 1. The van der Waals surface area contributed by atoms with Crippen LogP contribution < -0.4 is 30.5 Å². The van der Waals surface area contributed by atoms with Crippen molar-refractivity contribution in [3.8, 4) is 17.5 Å². The van der Waals surface area contributed by atoms with Gasteiger partial charge in [-0.15, -0.1) is 15.3 Å². The van der Waals surface area contributed by atoms with E-state index in [-0.39, 0.29) is 46.1 Å². The lowest BCUT2D eigenvalue weighted by Gasteiger charge is -2.31. The Labute approximate surface area is 636 Å². The molecule has 2 atom stereocenters. The molecule has 3 N–H and O–H groups in total. The fraction of sp³-hybridized carbons (Fsp3) is 0.554. The van der Waals surface area contributed by atoms with Gasteiger partial charge in [0, 0.05) is 78.8 Å². The van der Waals surface area contributed by atoms with E-state index in [4.69, 9.17) is 53.8 Å². The number of halogens is 3. The Bertz CT molecular complexity index is 3940. The molecule has 7 aromatic rings. The van der Waals surface area contributed by atoms with E-state index in [1.165, 1.54) is 81.4 Å². The van der Waals surface area contributed by atoms with Gasteiger partial charge in [0.25, 0.3) is 5.91 Å². The van der Waals surface area contributed by atoms with E-state index in [1.807, 2.05) is 77.1 Å². The monoisotopic (exact) mass is 1480 g/mol. The number of carbonyl (C=O) groups excluding carboxylic acids is 2. The first-order chi connectivity index (χ1) is 49.6. The molecule has 7 rings (SSSR count). The van der Waals surface area contributed by atoms with Gasteiger partial charge in [-0.25, -0.2) is 4.68 Å². The van der Waals surface area contributed by atoms with Crippen LogP contribution in [0.1, 0.15) is 254 Å². The van der Waals surface area contributed by atoms with Gasteiger partial charge < -0.3 is 39.6 Å². The molecule has 2 amide bonds. The summed E-state index contributed by atoms with van der Waals surface area (Å²) in [6, 6.07) is 29.5. The van der Waals surface area contributed by atoms with Gasteiger partial charge in [0.2, 0.25) is 5.91 Å². The number of benzene rings is 5. The van der Waals surface area contributed by atoms with Crippen LogP contribution in [0.15, 0.2) is 110 Å². The summed E-state index contributed by atoms with van der Waals surface area (Å²) in [5.74, 6) is 0.609. The van der Waals surface area contributed by atoms with Crippen LogP contribution in [0.5, 0.6) is 5.75 Å². The normalized spacial score (nSPS) is 12.5. The largest absolute Gasteiger partial charge is 0.481 e. The van der Waals surface area contributed by atoms with Gasteiger partial charge in [0.05, 0.1) is 33.2 Å². The average molecular weight is 1480 g/mol. The van der Waals surface area contributed by atoms with Crippen LogP contribution in [0.25, 0.3) is 16.8 Å². The van der Waals surface area contributed by atoms with Crippen molar-refractivity contribution in [1.82, 2.24) is 20.1 Å². The Morgan fingerprint density at radius 2 is 1.37 bits per heavy atom. The van der Waals surface area contributed by atoms with Crippen molar-refractivity contribution in [3.63, 3.8) is 0 Å². The lowest BCUT2D eigenvalue weighted by atomic mass is 9.76. The van der Waals surface area contributed by atoms with Crippen molar-refractivity contribution in [2.45, 2.75) is 262 Å². The molecule has 2 unspecified atom stereocenters. The van der Waals surface area contributed by atoms with Crippen LogP contribution in [-0.2, 0) is 30.6 Å². The zero-order valence-corrected chi connectivity index (χ0v) is 67.6. The molecule has 566 valence electrons. The Kier molecular flexibility index (Phi) is 34.4. The lowest BCUT2D eigenvalue weighted by Crippen LogP contribution is -2.41. The number of nitrogens with one attached hydrogen (secondary N) is 3. The molecule has 18 nitrogen and oxygen atoms in total. The number of unbranched alkanes of at least 4 members (excludes halogenated alkanes) is 11. The van der Waals surface area contributed by atoms with Crippen molar-refractivity contribution in [2.24, 2.45) is 20.5 Å². The van der Waals surface area contributed by atoms with Crippen molar-refractivity contribution < 1.29 is 23.5 Å². The number of hydrogen-bond acceptors (Lipinski definition) is 15. The molecule has 0 fully saturated rings. The minimum absolute atomic E-state index is 0.0661. The summed E-state index contributed by atoms with van der Waals surface area (Å²) in [4.78, 5) is 34.7. The highest BCUT2D eigenvalue weighted by atomic mass is 35.5. The maximum Gasteiger partial charge on any atom is 0.341 e. The fourth-order valence-electron chi connectivity index (χ4n) is 12.2. The van der Waals surface area contributed by atoms with Crippen molar-refractivity contribution in [3.05, 3.63) is 128 Å². The van der Waals surface area contributed by atoms with Gasteiger partial charge in [-0.05, 0) is 148 Å². The summed E-state index contributed by atoms with van der Waals surface area (Å²) < 4.78 is 19.5. The van der Waals surface area contributed by atoms with Gasteiger partial charge in [0.15, 0.2) is 17.5 Å². The summed E-state index contributed by atoms with van der Waals surface area (Å²) >= 11 is 19.9. The summed E-state index contributed by atoms with van der Waals surface area (Å²) in [5.41, 5.74) is 9.83. The highest BCUT2D eigenvalue weighted by Crippen LogP contribution is 2.43. The molecule has 0 aliphatic heterocycles. The first kappa shape index (κ1) is 85.4. The number of carbonyl (C=O) groups is 2. The van der Waals surface area contributed by atoms with E-state index < -0.39 is 11.5 Å². The van der Waals surface area contributed by atoms with E-state index >= 15 is 0 Å². The first-order valence-electron chi connectivity index (χ1n) is 38.0. The topological polar surface area (TPSA) is 212 Å². The molecule has 5 aromatic carbocycles. The third kappa shape index (κ3) is 25.3. The van der Waals surface area contributed by atoms with Crippen LogP contribution in [0.2, 0.25) is 15.1 Å². The number of ether oxygens (including phenoxy) is 2. The van der Waals surface area contributed by atoms with Gasteiger partial charge in [-0.3, -0.25) is 9.59 Å². The molecule has 0 saturated carbocycles. The quantitative estimate of drug-likeness (QED) is 0.0186. The number of likely N-dealkylation sites (N-methyl/N-ethyl adjacent to an activating group) is 1. The Morgan fingerprint density at radius 3 is 1.96 bits per heavy atom. The van der Waals surface area contributed by atoms with Crippen molar-refractivity contribution in [1.29, 1.82) is 5.26 Å². The number of nitrogens with zero attached hydrogens (tertiary/aromatic N) is 10. The number of hydrogen-bond donors (Lipinski definition) is 3. The van der Waals surface area contributed by atoms with Gasteiger partial charge in [0.1, 0.15) is 41.0 Å². The molecular formula is C83H118Cl3N13O5. The Balaban J connectivity index is 0.000000335. The SMILES string of the molecule is CCCCCCCCN(CCCCCCCC)c1ccc(N=Nc2c(C#N)c(C(C)(C)C)nn2-c2c(Cl)cc(NCOC(CC)CCCC)cc2Cl)c(NC(C)=O)c1.CCN(CCNC(=O)C(C)Oc1ccc(C(C)(C)CC)cc1C(C)(C)CC)c1ccc(N=Nc2nc3ccc(Cl)cc3o2)cc1C. The van der Waals surface area contributed by atoms with Crippen molar-refractivity contribution >= 4 is 104 Å². The molecule has 0 saturated heterocycles. The van der Waals surface area contributed by atoms with Gasteiger partial charge in [-0.2, -0.15) is 15.3 Å². The number of azo groups is 2. The van der Waals surface area contributed by atoms with E-state index in [9.17, 15) is 14.9 Å². The Morgan fingerprint density at radius 1 is 0.712 bits per heavy atom. The highest BCUT2D eigenvalue weighted by molar-refractivity contribution is 6.38. The molecule has 21 heteroatoms. The number of aromatic nitrogens is 3. The number of amides is 2. The van der Waals surface area contributed by atoms with Crippen LogP contribution in [0.4, 0.5) is 46.0 Å². The first-order valence-corrected chi connectivity index (χ1v) is 39.2. The number of anilines is 4. The van der Waals surface area contributed by atoms with E-state index in [2.05, 4.69) is 146 Å². The molecule has 0 aliphatic carbocycles. The number of nitriles is 1. The molecule has 0 aliphatic rings. The summed E-state index contributed by atoms with van der Waals surface area (Å²) in [6.07, 6.45) is 20.4. The standard InChI is InChI=1S/C46H70Cl2N8O2.C37H48ClN5O3/c1-9-13-16-18-20-22-27-55(28-23-21-19-17-14-10-2)36-25-26-41(42(31-36)51-34(5)57)52-53-45-38(32-49)44(46(6,7)8)54-56(45)43-39(47)29-35(30-40(43)48)50-33-58-37(12-4)24-15-11-3;1-10-36(6,7)26-13-18-32(29(22-26)37(8,9)11-2)45-25(5)34(44)39-19-20-43(12-3)31-17-15-28(21-24(31)4)41-42-35-40-30-16-14-27(38)23-33(30)46-35/h25-26,29-31,37,50H,9-24,27-28,33H2,1-8H3,(H,51,57);13-18,21-23,25H,10-12,19-20H2,1-9H3,(H,39,44). The second kappa shape index (κ2) is 42.0. The third-order valence-electron chi connectivity index (χ3n) is 19.4. The minimum Gasteiger partial charge on any atom is -0.481 e.